The van der Waals surface area contributed by atoms with E-state index in [2.05, 4.69) is 51.8 Å². The third kappa shape index (κ3) is 4.93. The van der Waals surface area contributed by atoms with Crippen LogP contribution in [0.25, 0.3) is 11.6 Å². The summed E-state index contributed by atoms with van der Waals surface area (Å²) < 4.78 is 7.05. The van der Waals surface area contributed by atoms with Gasteiger partial charge in [-0.05, 0) is 37.3 Å². The fraction of sp³-hybridized carbons (Fsp3) is 0.294. The van der Waals surface area contributed by atoms with Crippen molar-refractivity contribution >= 4 is 23.7 Å². The first-order valence-electron chi connectivity index (χ1n) is 7.93. The van der Waals surface area contributed by atoms with E-state index in [1.165, 1.54) is 10.5 Å². The zero-order valence-electron chi connectivity index (χ0n) is 14.1. The SMILES string of the molecule is Cc1ccc(SCCCC(=O)Nc2nnc(-c3ccn(C)n3)o2)cc1. The summed E-state index contributed by atoms with van der Waals surface area (Å²) in [7, 11) is 1.80. The molecule has 0 bridgehead atoms. The number of anilines is 1. The number of hydrogen-bond acceptors (Lipinski definition) is 6. The molecule has 1 N–H and O–H groups in total. The van der Waals surface area contributed by atoms with Crippen LogP contribution in [0, 0.1) is 6.92 Å². The van der Waals surface area contributed by atoms with E-state index in [0.29, 0.717) is 12.1 Å². The van der Waals surface area contributed by atoms with Crippen LogP contribution < -0.4 is 5.32 Å². The summed E-state index contributed by atoms with van der Waals surface area (Å²) in [4.78, 5) is 13.2. The predicted octanol–water partition coefficient (Wildman–Crippen LogP) is 3.29. The Hall–Kier alpha value is -2.61. The van der Waals surface area contributed by atoms with Crippen LogP contribution in [0.15, 0.2) is 45.8 Å². The van der Waals surface area contributed by atoms with Crippen LogP contribution in [0.1, 0.15) is 18.4 Å². The monoisotopic (exact) mass is 357 g/mol. The predicted molar refractivity (Wildman–Crippen MR) is 96.3 cm³/mol. The summed E-state index contributed by atoms with van der Waals surface area (Å²) >= 11 is 1.74. The van der Waals surface area contributed by atoms with Gasteiger partial charge in [-0.25, -0.2) is 0 Å². The van der Waals surface area contributed by atoms with Crippen molar-refractivity contribution in [1.82, 2.24) is 20.0 Å². The first kappa shape index (κ1) is 17.2. The highest BCUT2D eigenvalue weighted by Crippen LogP contribution is 2.20. The number of aryl methyl sites for hydroxylation is 2. The van der Waals surface area contributed by atoms with Crippen molar-refractivity contribution in [2.75, 3.05) is 11.1 Å². The molecule has 25 heavy (non-hydrogen) atoms. The van der Waals surface area contributed by atoms with Crippen LogP contribution >= 0.6 is 11.8 Å². The summed E-state index contributed by atoms with van der Waals surface area (Å²) in [5, 5.41) is 14.5. The third-order valence-corrected chi connectivity index (χ3v) is 4.54. The van der Waals surface area contributed by atoms with E-state index in [-0.39, 0.29) is 17.8 Å². The average molecular weight is 357 g/mol. The Kier molecular flexibility index (Phi) is 5.49. The molecule has 2 aromatic heterocycles. The molecule has 8 heteroatoms. The van der Waals surface area contributed by atoms with Crippen molar-refractivity contribution in [1.29, 1.82) is 0 Å². The van der Waals surface area contributed by atoms with Crippen molar-refractivity contribution in [3.63, 3.8) is 0 Å². The zero-order chi connectivity index (χ0) is 17.6. The molecule has 0 aliphatic heterocycles. The molecule has 0 atom stereocenters. The second kappa shape index (κ2) is 7.98. The summed E-state index contributed by atoms with van der Waals surface area (Å²) in [6, 6.07) is 10.2. The van der Waals surface area contributed by atoms with Crippen LogP contribution in [-0.4, -0.2) is 31.6 Å². The molecule has 7 nitrogen and oxygen atoms in total. The van der Waals surface area contributed by atoms with Gasteiger partial charge in [0.25, 0.3) is 5.89 Å². The van der Waals surface area contributed by atoms with Gasteiger partial charge in [-0.1, -0.05) is 22.8 Å². The Morgan fingerprint density at radius 3 is 2.76 bits per heavy atom. The molecule has 2 heterocycles. The molecule has 0 fully saturated rings. The summed E-state index contributed by atoms with van der Waals surface area (Å²) in [6.45, 7) is 2.07. The van der Waals surface area contributed by atoms with Crippen LogP contribution in [0.3, 0.4) is 0 Å². The normalized spacial score (nSPS) is 10.8. The third-order valence-electron chi connectivity index (χ3n) is 3.44. The van der Waals surface area contributed by atoms with Gasteiger partial charge in [0.2, 0.25) is 5.91 Å². The molecule has 3 rings (SSSR count). The van der Waals surface area contributed by atoms with E-state index < -0.39 is 0 Å². The number of nitrogens with zero attached hydrogens (tertiary/aromatic N) is 4. The van der Waals surface area contributed by atoms with E-state index in [4.69, 9.17) is 4.42 Å². The number of nitrogens with one attached hydrogen (secondary N) is 1. The molecule has 0 saturated heterocycles. The van der Waals surface area contributed by atoms with Crippen LogP contribution in [-0.2, 0) is 11.8 Å². The Morgan fingerprint density at radius 1 is 1.24 bits per heavy atom. The van der Waals surface area contributed by atoms with Crippen LogP contribution in [0.5, 0.6) is 0 Å². The highest BCUT2D eigenvalue weighted by Gasteiger charge is 2.13. The topological polar surface area (TPSA) is 85.8 Å². The number of amides is 1. The van der Waals surface area contributed by atoms with E-state index in [0.717, 1.165) is 12.2 Å². The van der Waals surface area contributed by atoms with Gasteiger partial charge in [0.1, 0.15) is 5.69 Å². The molecule has 3 aromatic rings. The number of benzene rings is 1. The molecular weight excluding hydrogens is 338 g/mol. The van der Waals surface area contributed by atoms with Gasteiger partial charge in [-0.2, -0.15) is 5.10 Å². The molecule has 130 valence electrons. The minimum Gasteiger partial charge on any atom is -0.401 e. The van der Waals surface area contributed by atoms with Crippen molar-refractivity contribution in [3.05, 3.63) is 42.1 Å². The average Bonchev–Trinajstić information content (AvgIpc) is 3.22. The molecule has 0 radical (unpaired) electrons. The fourth-order valence-corrected chi connectivity index (χ4v) is 3.00. The van der Waals surface area contributed by atoms with Gasteiger partial charge in [0.15, 0.2) is 0 Å². The van der Waals surface area contributed by atoms with Crippen molar-refractivity contribution in [2.45, 2.75) is 24.7 Å². The molecule has 0 aliphatic rings. The Morgan fingerprint density at radius 2 is 2.04 bits per heavy atom. The standard InChI is InChI=1S/C17H19N5O2S/c1-12-5-7-13(8-6-12)25-11-3-4-15(23)18-17-20-19-16(24-17)14-9-10-22(2)21-14/h5-10H,3-4,11H2,1-2H3,(H,18,20,23). The van der Waals surface area contributed by atoms with E-state index >= 15 is 0 Å². The summed E-state index contributed by atoms with van der Waals surface area (Å²) in [5.41, 5.74) is 1.82. The van der Waals surface area contributed by atoms with Gasteiger partial charge in [-0.15, -0.1) is 16.9 Å². The quantitative estimate of drug-likeness (QED) is 0.516. The molecule has 0 saturated carbocycles. The number of hydrogen-bond donors (Lipinski definition) is 1. The lowest BCUT2D eigenvalue weighted by molar-refractivity contribution is -0.116. The van der Waals surface area contributed by atoms with Gasteiger partial charge < -0.3 is 4.42 Å². The molecule has 0 spiro atoms. The minimum absolute atomic E-state index is 0.0943. The van der Waals surface area contributed by atoms with Gasteiger partial charge >= 0.3 is 6.01 Å². The first-order chi connectivity index (χ1) is 12.1. The molecule has 0 unspecified atom stereocenters. The van der Waals surface area contributed by atoms with E-state index in [1.807, 2.05) is 0 Å². The highest BCUT2D eigenvalue weighted by atomic mass is 32.2. The maximum Gasteiger partial charge on any atom is 0.322 e. The maximum atomic E-state index is 12.0. The van der Waals surface area contributed by atoms with Gasteiger partial charge in [0.05, 0.1) is 0 Å². The number of aromatic nitrogens is 4. The second-order valence-electron chi connectivity index (χ2n) is 5.60. The Bertz CT molecular complexity index is 841. The van der Waals surface area contributed by atoms with Crippen molar-refractivity contribution in [2.24, 2.45) is 7.05 Å². The molecule has 1 amide bonds. The Balaban J connectivity index is 1.42. The smallest absolute Gasteiger partial charge is 0.322 e. The maximum absolute atomic E-state index is 12.0. The van der Waals surface area contributed by atoms with Crippen molar-refractivity contribution < 1.29 is 9.21 Å². The summed E-state index contributed by atoms with van der Waals surface area (Å²) in [6.07, 6.45) is 2.95. The summed E-state index contributed by atoms with van der Waals surface area (Å²) in [5.74, 6) is 1.02. The van der Waals surface area contributed by atoms with E-state index in [9.17, 15) is 4.79 Å². The lowest BCUT2D eigenvalue weighted by Gasteiger charge is -2.02. The first-order valence-corrected chi connectivity index (χ1v) is 8.91. The van der Waals surface area contributed by atoms with Crippen LogP contribution in [0.4, 0.5) is 6.01 Å². The number of rotatable bonds is 7. The molecule has 0 aliphatic carbocycles. The van der Waals surface area contributed by atoms with Crippen molar-refractivity contribution in [3.8, 4) is 11.6 Å². The lowest BCUT2D eigenvalue weighted by atomic mass is 10.2. The number of thioether (sulfide) groups is 1. The lowest BCUT2D eigenvalue weighted by Crippen LogP contribution is -2.11. The van der Waals surface area contributed by atoms with Crippen LogP contribution in [0.2, 0.25) is 0 Å². The number of carbonyl (C=O) groups is 1. The fourth-order valence-electron chi connectivity index (χ4n) is 2.15. The van der Waals surface area contributed by atoms with Gasteiger partial charge in [0, 0.05) is 24.6 Å². The van der Waals surface area contributed by atoms with E-state index in [1.54, 1.807) is 35.8 Å². The highest BCUT2D eigenvalue weighted by molar-refractivity contribution is 7.99. The number of carbonyl (C=O) groups excluding carboxylic acids is 1. The second-order valence-corrected chi connectivity index (χ2v) is 6.77. The molecular formula is C17H19N5O2S. The van der Waals surface area contributed by atoms with Gasteiger partial charge in [-0.3, -0.25) is 14.8 Å². The molecule has 1 aromatic carbocycles. The minimum atomic E-state index is -0.138. The largest absolute Gasteiger partial charge is 0.401 e. The Labute approximate surface area is 149 Å². The zero-order valence-corrected chi connectivity index (χ0v) is 14.9.